The van der Waals surface area contributed by atoms with Gasteiger partial charge in [-0.2, -0.15) is 0 Å². The summed E-state index contributed by atoms with van der Waals surface area (Å²) in [7, 11) is 0. The Bertz CT molecular complexity index is 404. The summed E-state index contributed by atoms with van der Waals surface area (Å²) in [5.74, 6) is -3.54. The number of rotatable bonds is 5. The highest BCUT2D eigenvalue weighted by Gasteiger charge is 2.29. The summed E-state index contributed by atoms with van der Waals surface area (Å²) in [5, 5.41) is 32.5. The van der Waals surface area contributed by atoms with Crippen molar-refractivity contribution in [2.24, 2.45) is 5.73 Å². The smallest absolute Gasteiger partial charge is 0.335 e. The Morgan fingerprint density at radius 3 is 1.75 bits per heavy atom. The molecule has 0 spiro atoms. The maximum atomic E-state index is 9.77. The van der Waals surface area contributed by atoms with Crippen molar-refractivity contribution in [1.29, 1.82) is 0 Å². The Labute approximate surface area is 116 Å². The summed E-state index contributed by atoms with van der Waals surface area (Å²) in [5.41, 5.74) is 7.02. The molecule has 3 unspecified atom stereocenters. The number of aliphatic hydroxyl groups excluding tert-OH is 2. The second kappa shape index (κ2) is 9.03. The predicted molar refractivity (Wildman–Crippen MR) is 70.9 cm³/mol. The lowest BCUT2D eigenvalue weighted by Gasteiger charge is -2.07. The Morgan fingerprint density at radius 1 is 1.05 bits per heavy atom. The van der Waals surface area contributed by atoms with Gasteiger partial charge in [-0.3, -0.25) is 0 Å². The van der Waals surface area contributed by atoms with Crippen LogP contribution in [0.25, 0.3) is 0 Å². The van der Waals surface area contributed by atoms with Gasteiger partial charge in [-0.1, -0.05) is 37.3 Å². The molecule has 112 valence electrons. The van der Waals surface area contributed by atoms with Crippen LogP contribution in [0.15, 0.2) is 30.3 Å². The van der Waals surface area contributed by atoms with E-state index < -0.39 is 24.1 Å². The largest absolute Gasteiger partial charge is 0.479 e. The van der Waals surface area contributed by atoms with Crippen molar-refractivity contribution in [3.8, 4) is 0 Å². The van der Waals surface area contributed by atoms with Crippen LogP contribution in [-0.2, 0) is 9.59 Å². The van der Waals surface area contributed by atoms with Crippen LogP contribution in [0, 0.1) is 0 Å². The van der Waals surface area contributed by atoms with E-state index in [2.05, 4.69) is 19.1 Å². The lowest BCUT2D eigenvalue weighted by molar-refractivity contribution is -0.165. The maximum Gasteiger partial charge on any atom is 0.335 e. The molecule has 3 atom stereocenters. The third-order valence-corrected chi connectivity index (χ3v) is 2.47. The van der Waals surface area contributed by atoms with E-state index in [-0.39, 0.29) is 6.04 Å². The lowest BCUT2D eigenvalue weighted by atomic mass is 10.1. The normalized spacial score (nSPS) is 14.4. The molecular weight excluding hydrogens is 266 g/mol. The Kier molecular flexibility index (Phi) is 8.14. The number of hydrogen-bond acceptors (Lipinski definition) is 5. The van der Waals surface area contributed by atoms with Crippen LogP contribution >= 0.6 is 0 Å². The Morgan fingerprint density at radius 2 is 1.45 bits per heavy atom. The molecule has 0 aromatic heterocycles. The summed E-state index contributed by atoms with van der Waals surface area (Å²) < 4.78 is 0. The zero-order valence-corrected chi connectivity index (χ0v) is 11.0. The molecule has 0 heterocycles. The second-order valence-electron chi connectivity index (χ2n) is 3.99. The van der Waals surface area contributed by atoms with E-state index in [1.807, 2.05) is 18.2 Å². The molecular formula is C13H19NO6. The van der Waals surface area contributed by atoms with E-state index in [0.29, 0.717) is 0 Å². The van der Waals surface area contributed by atoms with Crippen LogP contribution in [0.5, 0.6) is 0 Å². The van der Waals surface area contributed by atoms with Crippen molar-refractivity contribution in [3.05, 3.63) is 35.9 Å². The molecule has 0 aliphatic heterocycles. The van der Waals surface area contributed by atoms with Crippen molar-refractivity contribution < 1.29 is 30.0 Å². The monoisotopic (exact) mass is 285 g/mol. The number of aliphatic hydroxyl groups is 2. The van der Waals surface area contributed by atoms with Gasteiger partial charge in [-0.05, 0) is 12.0 Å². The fourth-order valence-electron chi connectivity index (χ4n) is 1.21. The highest BCUT2D eigenvalue weighted by Crippen LogP contribution is 2.11. The maximum absolute atomic E-state index is 9.77. The molecule has 0 radical (unpaired) electrons. The number of benzene rings is 1. The molecule has 0 aliphatic carbocycles. The van der Waals surface area contributed by atoms with Gasteiger partial charge in [0.1, 0.15) is 0 Å². The van der Waals surface area contributed by atoms with Crippen LogP contribution in [-0.4, -0.2) is 44.6 Å². The molecule has 0 bridgehead atoms. The number of hydrogen-bond donors (Lipinski definition) is 5. The number of nitrogens with two attached hydrogens (primary N) is 1. The molecule has 0 aliphatic rings. The van der Waals surface area contributed by atoms with Gasteiger partial charge in [0.25, 0.3) is 0 Å². The summed E-state index contributed by atoms with van der Waals surface area (Å²) in [6.45, 7) is 2.09. The van der Waals surface area contributed by atoms with E-state index in [9.17, 15) is 9.59 Å². The summed E-state index contributed by atoms with van der Waals surface area (Å²) in [6, 6.07) is 10.4. The fourth-order valence-corrected chi connectivity index (χ4v) is 1.21. The minimum absolute atomic E-state index is 0.209. The highest BCUT2D eigenvalue weighted by atomic mass is 16.4. The Balaban J connectivity index is 0.000000361. The van der Waals surface area contributed by atoms with E-state index in [0.717, 1.165) is 6.42 Å². The zero-order valence-electron chi connectivity index (χ0n) is 11.0. The van der Waals surface area contributed by atoms with Crippen LogP contribution in [0.1, 0.15) is 24.9 Å². The second-order valence-corrected chi connectivity index (χ2v) is 3.99. The molecule has 0 saturated heterocycles. The third-order valence-electron chi connectivity index (χ3n) is 2.47. The van der Waals surface area contributed by atoms with E-state index in [4.69, 9.17) is 26.2 Å². The predicted octanol–water partition coefficient (Wildman–Crippen LogP) is -0.0262. The van der Waals surface area contributed by atoms with Gasteiger partial charge in [-0.25, -0.2) is 9.59 Å². The van der Waals surface area contributed by atoms with Crippen LogP contribution < -0.4 is 5.73 Å². The standard InChI is InChI=1S/C9H13N.C4H6O6/c1-2-9(10)8-6-4-3-5-7-8;5-1(3(7)8)2(6)4(9)10/h3-7,9H,2,10H2,1H3;1-2,5-6H,(H,7,8)(H,9,10). The molecule has 0 saturated carbocycles. The van der Waals surface area contributed by atoms with Crippen LogP contribution in [0.2, 0.25) is 0 Å². The summed E-state index contributed by atoms with van der Waals surface area (Å²) in [4.78, 5) is 19.5. The van der Waals surface area contributed by atoms with Gasteiger partial charge >= 0.3 is 11.9 Å². The number of carboxylic acid groups (broad SMARTS) is 2. The first-order valence-corrected chi connectivity index (χ1v) is 5.93. The quantitative estimate of drug-likeness (QED) is 0.511. The minimum atomic E-state index is -2.27. The molecule has 1 aromatic carbocycles. The molecule has 7 heteroatoms. The Hall–Kier alpha value is -1.96. The average molecular weight is 285 g/mol. The SMILES string of the molecule is CCC(N)c1ccccc1.O=C(O)C(O)C(O)C(=O)O. The van der Waals surface area contributed by atoms with Crippen LogP contribution in [0.3, 0.4) is 0 Å². The van der Waals surface area contributed by atoms with E-state index >= 15 is 0 Å². The van der Waals surface area contributed by atoms with Crippen molar-refractivity contribution in [2.45, 2.75) is 31.6 Å². The van der Waals surface area contributed by atoms with Gasteiger partial charge in [-0.15, -0.1) is 0 Å². The summed E-state index contributed by atoms with van der Waals surface area (Å²) >= 11 is 0. The molecule has 6 N–H and O–H groups in total. The van der Waals surface area contributed by atoms with Gasteiger partial charge in [0.2, 0.25) is 0 Å². The first kappa shape index (κ1) is 18.0. The fraction of sp³-hybridized carbons (Fsp3) is 0.385. The zero-order chi connectivity index (χ0) is 15.7. The molecule has 7 nitrogen and oxygen atoms in total. The number of carbonyl (C=O) groups is 2. The lowest BCUT2D eigenvalue weighted by Crippen LogP contribution is -2.39. The average Bonchev–Trinajstić information content (AvgIpc) is 2.46. The molecule has 1 aromatic rings. The molecule has 0 amide bonds. The molecule has 20 heavy (non-hydrogen) atoms. The number of carboxylic acids is 2. The topological polar surface area (TPSA) is 141 Å². The molecule has 0 fully saturated rings. The van der Waals surface area contributed by atoms with Crippen molar-refractivity contribution in [2.75, 3.05) is 0 Å². The van der Waals surface area contributed by atoms with Gasteiger partial charge < -0.3 is 26.2 Å². The van der Waals surface area contributed by atoms with Gasteiger partial charge in [0, 0.05) is 6.04 Å². The highest BCUT2D eigenvalue weighted by molar-refractivity contribution is 5.83. The first-order chi connectivity index (χ1) is 9.31. The van der Waals surface area contributed by atoms with Crippen molar-refractivity contribution >= 4 is 11.9 Å². The van der Waals surface area contributed by atoms with Crippen molar-refractivity contribution in [1.82, 2.24) is 0 Å². The van der Waals surface area contributed by atoms with Crippen molar-refractivity contribution in [3.63, 3.8) is 0 Å². The first-order valence-electron chi connectivity index (χ1n) is 5.93. The van der Waals surface area contributed by atoms with E-state index in [1.165, 1.54) is 5.56 Å². The third kappa shape index (κ3) is 6.28. The molecule has 1 rings (SSSR count). The van der Waals surface area contributed by atoms with E-state index in [1.54, 1.807) is 0 Å². The van der Waals surface area contributed by atoms with Gasteiger partial charge in [0.05, 0.1) is 0 Å². The van der Waals surface area contributed by atoms with Crippen LogP contribution in [0.4, 0.5) is 0 Å². The van der Waals surface area contributed by atoms with Gasteiger partial charge in [0.15, 0.2) is 12.2 Å². The number of aliphatic carboxylic acids is 2. The minimum Gasteiger partial charge on any atom is -0.479 e. The summed E-state index contributed by atoms with van der Waals surface area (Å²) in [6.07, 6.45) is -3.53.